The van der Waals surface area contributed by atoms with Crippen LogP contribution in [-0.2, 0) is 11.0 Å². The number of halogens is 3. The topological polar surface area (TPSA) is 59.8 Å². The van der Waals surface area contributed by atoms with Crippen molar-refractivity contribution >= 4 is 11.6 Å². The van der Waals surface area contributed by atoms with Gasteiger partial charge in [-0.15, -0.1) is 0 Å². The maximum absolute atomic E-state index is 13.2. The molecule has 0 spiro atoms. The fourth-order valence-corrected chi connectivity index (χ4v) is 1.96. The van der Waals surface area contributed by atoms with Crippen molar-refractivity contribution in [3.63, 3.8) is 0 Å². The first kappa shape index (κ1) is 13.6. The number of aromatic nitrogens is 3. The van der Waals surface area contributed by atoms with Crippen molar-refractivity contribution in [2.45, 2.75) is 19.0 Å². The van der Waals surface area contributed by atoms with E-state index in [2.05, 4.69) is 15.4 Å². The summed E-state index contributed by atoms with van der Waals surface area (Å²) in [5.74, 6) is -0.314. The summed E-state index contributed by atoms with van der Waals surface area (Å²) in [6.45, 7) is 0. The van der Waals surface area contributed by atoms with Gasteiger partial charge in [0, 0.05) is 11.6 Å². The molecule has 1 aromatic carbocycles. The summed E-state index contributed by atoms with van der Waals surface area (Å²) in [5, 5.41) is 6.21. The van der Waals surface area contributed by atoms with Gasteiger partial charge in [-0.3, -0.25) is 4.79 Å². The molecule has 0 atom stereocenters. The van der Waals surface area contributed by atoms with Crippen LogP contribution in [0.3, 0.4) is 0 Å². The molecule has 1 saturated carbocycles. The van der Waals surface area contributed by atoms with Crippen LogP contribution in [0.25, 0.3) is 5.69 Å². The second-order valence-electron chi connectivity index (χ2n) is 4.83. The van der Waals surface area contributed by atoms with Crippen molar-refractivity contribution in [3.05, 3.63) is 36.4 Å². The number of benzene rings is 1. The van der Waals surface area contributed by atoms with E-state index in [9.17, 15) is 18.0 Å². The smallest absolute Gasteiger partial charge is 0.326 e. The lowest BCUT2D eigenvalue weighted by atomic mass is 10.1. The highest BCUT2D eigenvalue weighted by molar-refractivity contribution is 5.94. The lowest BCUT2D eigenvalue weighted by Gasteiger charge is -2.14. The normalized spacial score (nSPS) is 15.0. The molecule has 0 radical (unpaired) electrons. The molecule has 110 valence electrons. The largest absolute Gasteiger partial charge is 0.418 e. The third kappa shape index (κ3) is 2.88. The van der Waals surface area contributed by atoms with Crippen LogP contribution < -0.4 is 5.32 Å². The van der Waals surface area contributed by atoms with Crippen LogP contribution in [-0.4, -0.2) is 20.7 Å². The summed E-state index contributed by atoms with van der Waals surface area (Å²) >= 11 is 0. The molecular weight excluding hydrogens is 285 g/mol. The van der Waals surface area contributed by atoms with E-state index in [4.69, 9.17) is 0 Å². The monoisotopic (exact) mass is 296 g/mol. The van der Waals surface area contributed by atoms with E-state index in [0.717, 1.165) is 29.9 Å². The van der Waals surface area contributed by atoms with Gasteiger partial charge >= 0.3 is 6.18 Å². The molecule has 1 fully saturated rings. The maximum Gasteiger partial charge on any atom is 0.418 e. The van der Waals surface area contributed by atoms with Gasteiger partial charge in [0.1, 0.15) is 12.7 Å². The standard InChI is InChI=1S/C13H11F3N4O/c14-13(15,16)10-5-9(19-12(21)8-1-2-8)3-4-11(10)20-7-17-6-18-20/h3-8H,1-2H2,(H,19,21). The van der Waals surface area contributed by atoms with Crippen molar-refractivity contribution in [1.29, 1.82) is 0 Å². The predicted molar refractivity (Wildman–Crippen MR) is 67.7 cm³/mol. The van der Waals surface area contributed by atoms with Crippen LogP contribution in [0.5, 0.6) is 0 Å². The Bertz CT molecular complexity index is 663. The summed E-state index contributed by atoms with van der Waals surface area (Å²) in [5.41, 5.74) is -0.880. The van der Waals surface area contributed by atoms with Crippen molar-refractivity contribution in [3.8, 4) is 5.69 Å². The summed E-state index contributed by atoms with van der Waals surface area (Å²) in [6, 6.07) is 3.60. The summed E-state index contributed by atoms with van der Waals surface area (Å²) < 4.78 is 40.5. The molecule has 8 heteroatoms. The molecule has 1 heterocycles. The third-order valence-electron chi connectivity index (χ3n) is 3.18. The SMILES string of the molecule is O=C(Nc1ccc(-n2cncn2)c(C(F)(F)F)c1)C1CC1. The van der Waals surface area contributed by atoms with E-state index >= 15 is 0 Å². The molecule has 0 bridgehead atoms. The Morgan fingerprint density at radius 1 is 1.33 bits per heavy atom. The number of anilines is 1. The van der Waals surface area contributed by atoms with E-state index < -0.39 is 11.7 Å². The highest BCUT2D eigenvalue weighted by Crippen LogP contribution is 2.36. The Kier molecular flexibility index (Phi) is 3.15. The zero-order chi connectivity index (χ0) is 15.0. The third-order valence-corrected chi connectivity index (χ3v) is 3.18. The minimum Gasteiger partial charge on any atom is -0.326 e. The lowest BCUT2D eigenvalue weighted by Crippen LogP contribution is -2.16. The molecule has 0 unspecified atom stereocenters. The molecule has 1 aliphatic carbocycles. The Morgan fingerprint density at radius 2 is 2.10 bits per heavy atom. The number of carbonyl (C=O) groups excluding carboxylic acids is 1. The molecule has 2 aromatic rings. The highest BCUT2D eigenvalue weighted by Gasteiger charge is 2.35. The molecular formula is C13H11F3N4O. The van der Waals surface area contributed by atoms with Gasteiger partial charge in [-0.05, 0) is 31.0 Å². The Labute approximate surface area is 117 Å². The van der Waals surface area contributed by atoms with Gasteiger partial charge in [0.25, 0.3) is 0 Å². The molecule has 1 N–H and O–H groups in total. The van der Waals surface area contributed by atoms with E-state index in [1.807, 2.05) is 0 Å². The average molecular weight is 296 g/mol. The predicted octanol–water partition coefficient (Wildman–Crippen LogP) is 2.63. The van der Waals surface area contributed by atoms with Gasteiger partial charge in [-0.2, -0.15) is 18.3 Å². The minimum absolute atomic E-state index is 0.0747. The quantitative estimate of drug-likeness (QED) is 0.947. The van der Waals surface area contributed by atoms with Crippen LogP contribution in [0.2, 0.25) is 0 Å². The van der Waals surface area contributed by atoms with Gasteiger partial charge in [-0.25, -0.2) is 9.67 Å². The number of hydrogen-bond donors (Lipinski definition) is 1. The van der Waals surface area contributed by atoms with Crippen LogP contribution in [0.1, 0.15) is 18.4 Å². The number of nitrogens with zero attached hydrogens (tertiary/aromatic N) is 3. The number of carbonyl (C=O) groups is 1. The summed E-state index contributed by atoms with van der Waals surface area (Å²) in [6.07, 6.45) is -0.637. The van der Waals surface area contributed by atoms with E-state index in [0.29, 0.717) is 0 Å². The van der Waals surface area contributed by atoms with Gasteiger partial charge in [0.05, 0.1) is 11.3 Å². The van der Waals surface area contributed by atoms with Crippen LogP contribution >= 0.6 is 0 Å². The molecule has 0 aliphatic heterocycles. The van der Waals surface area contributed by atoms with E-state index in [-0.39, 0.29) is 23.2 Å². The average Bonchev–Trinajstić information content (AvgIpc) is 3.14. The maximum atomic E-state index is 13.2. The van der Waals surface area contributed by atoms with Crippen molar-refractivity contribution in [2.24, 2.45) is 5.92 Å². The van der Waals surface area contributed by atoms with Crippen LogP contribution in [0, 0.1) is 5.92 Å². The molecule has 3 rings (SSSR count). The fraction of sp³-hybridized carbons (Fsp3) is 0.308. The zero-order valence-electron chi connectivity index (χ0n) is 10.8. The number of hydrogen-bond acceptors (Lipinski definition) is 3. The van der Waals surface area contributed by atoms with Crippen molar-refractivity contribution in [1.82, 2.24) is 14.8 Å². The second-order valence-corrected chi connectivity index (χ2v) is 4.83. The van der Waals surface area contributed by atoms with Crippen molar-refractivity contribution < 1.29 is 18.0 Å². The Balaban J connectivity index is 1.96. The summed E-state index contributed by atoms with van der Waals surface area (Å²) in [4.78, 5) is 15.3. The van der Waals surface area contributed by atoms with Crippen LogP contribution in [0.15, 0.2) is 30.9 Å². The molecule has 1 amide bonds. The van der Waals surface area contributed by atoms with Gasteiger partial charge in [0.15, 0.2) is 0 Å². The van der Waals surface area contributed by atoms with Crippen LogP contribution in [0.4, 0.5) is 18.9 Å². The molecule has 1 aliphatic rings. The summed E-state index contributed by atoms with van der Waals surface area (Å²) in [7, 11) is 0. The Morgan fingerprint density at radius 3 is 2.67 bits per heavy atom. The molecule has 0 saturated heterocycles. The molecule has 1 aromatic heterocycles. The van der Waals surface area contributed by atoms with Gasteiger partial charge in [0.2, 0.25) is 5.91 Å². The molecule has 5 nitrogen and oxygen atoms in total. The second kappa shape index (κ2) is 4.87. The number of alkyl halides is 3. The first-order valence-electron chi connectivity index (χ1n) is 6.32. The fourth-order valence-electron chi connectivity index (χ4n) is 1.96. The highest BCUT2D eigenvalue weighted by atomic mass is 19.4. The minimum atomic E-state index is -4.55. The number of amides is 1. The first-order chi connectivity index (χ1) is 9.95. The Hall–Kier alpha value is -2.38. The van der Waals surface area contributed by atoms with Crippen molar-refractivity contribution in [2.75, 3.05) is 5.32 Å². The lowest BCUT2D eigenvalue weighted by molar-refractivity contribution is -0.137. The molecule has 21 heavy (non-hydrogen) atoms. The van der Waals surface area contributed by atoms with E-state index in [1.165, 1.54) is 18.5 Å². The first-order valence-corrected chi connectivity index (χ1v) is 6.32. The van der Waals surface area contributed by atoms with Gasteiger partial charge < -0.3 is 5.32 Å². The zero-order valence-corrected chi connectivity index (χ0v) is 10.8. The van der Waals surface area contributed by atoms with E-state index in [1.54, 1.807) is 0 Å². The van der Waals surface area contributed by atoms with Gasteiger partial charge in [-0.1, -0.05) is 0 Å². The number of rotatable bonds is 3. The number of nitrogens with one attached hydrogen (secondary N) is 1.